The average Bonchev–Trinajstić information content (AvgIpc) is 2.50. The van der Waals surface area contributed by atoms with E-state index in [0.29, 0.717) is 5.92 Å². The number of ether oxygens (including phenoxy) is 1. The minimum absolute atomic E-state index is 0.0611. The molecule has 2 N–H and O–H groups in total. The summed E-state index contributed by atoms with van der Waals surface area (Å²) in [6, 6.07) is 6.09. The van der Waals surface area contributed by atoms with E-state index in [9.17, 15) is 0 Å². The van der Waals surface area contributed by atoms with Gasteiger partial charge < -0.3 is 10.5 Å². The van der Waals surface area contributed by atoms with Gasteiger partial charge in [0, 0.05) is 21.2 Å². The lowest BCUT2D eigenvalue weighted by molar-refractivity contribution is -0.105. The molecule has 0 saturated carbocycles. The molecule has 1 aromatic carbocycles. The molecule has 2 saturated heterocycles. The van der Waals surface area contributed by atoms with Gasteiger partial charge in [-0.2, -0.15) is 11.8 Å². The second-order valence-corrected chi connectivity index (χ2v) is 8.91. The van der Waals surface area contributed by atoms with Gasteiger partial charge in [0.15, 0.2) is 0 Å². The molecule has 0 aromatic heterocycles. The Balaban J connectivity index is 1.77. The van der Waals surface area contributed by atoms with Crippen LogP contribution in [0.2, 0.25) is 5.02 Å². The van der Waals surface area contributed by atoms with Crippen LogP contribution in [0.1, 0.15) is 37.3 Å². The van der Waals surface area contributed by atoms with Gasteiger partial charge in [0.1, 0.15) is 0 Å². The summed E-state index contributed by atoms with van der Waals surface area (Å²) < 4.78 is 7.39. The monoisotopic (exact) mass is 437 g/mol. The van der Waals surface area contributed by atoms with Crippen molar-refractivity contribution < 1.29 is 4.74 Å². The number of rotatable bonds is 2. The molecule has 5 heteroatoms. The van der Waals surface area contributed by atoms with Gasteiger partial charge >= 0.3 is 0 Å². The van der Waals surface area contributed by atoms with Gasteiger partial charge in [-0.15, -0.1) is 0 Å². The standard InChI is InChI=1S/C16H21ClINOS/c17-12-1-2-14(18)13(9-12)15(19)11-3-6-20-16(10-11)4-7-21-8-5-16/h1-2,9,11,15H,3-8,10,19H2. The fraction of sp³-hybridized carbons (Fsp3) is 0.625. The molecular weight excluding hydrogens is 417 g/mol. The molecule has 0 radical (unpaired) electrons. The SMILES string of the molecule is NC(c1cc(Cl)ccc1I)C1CCOC2(CCSCC2)C1. The van der Waals surface area contributed by atoms with Crippen LogP contribution in [0.4, 0.5) is 0 Å². The Bertz CT molecular complexity index is 502. The maximum Gasteiger partial charge on any atom is 0.0701 e. The smallest absolute Gasteiger partial charge is 0.0701 e. The van der Waals surface area contributed by atoms with Crippen LogP contribution in [0.5, 0.6) is 0 Å². The van der Waals surface area contributed by atoms with Gasteiger partial charge in [0.2, 0.25) is 0 Å². The topological polar surface area (TPSA) is 35.2 Å². The lowest BCUT2D eigenvalue weighted by Gasteiger charge is -2.45. The maximum atomic E-state index is 6.61. The molecule has 3 rings (SSSR count). The van der Waals surface area contributed by atoms with Crippen molar-refractivity contribution in [1.29, 1.82) is 0 Å². The second kappa shape index (κ2) is 6.95. The highest BCUT2D eigenvalue weighted by Crippen LogP contribution is 2.43. The summed E-state index contributed by atoms with van der Waals surface area (Å²) >= 11 is 10.6. The first kappa shape index (κ1) is 16.4. The Morgan fingerprint density at radius 2 is 2.14 bits per heavy atom. The van der Waals surface area contributed by atoms with E-state index in [1.807, 2.05) is 23.9 Å². The van der Waals surface area contributed by atoms with Gasteiger partial charge in [-0.25, -0.2) is 0 Å². The lowest BCUT2D eigenvalue weighted by Crippen LogP contribution is -2.45. The number of hydrogen-bond donors (Lipinski definition) is 1. The molecule has 0 amide bonds. The van der Waals surface area contributed by atoms with Crippen LogP contribution in [-0.2, 0) is 4.74 Å². The van der Waals surface area contributed by atoms with E-state index >= 15 is 0 Å². The lowest BCUT2D eigenvalue weighted by atomic mass is 9.77. The fourth-order valence-corrected chi connectivity index (χ4v) is 5.60. The van der Waals surface area contributed by atoms with Crippen LogP contribution in [0.3, 0.4) is 0 Å². The average molecular weight is 438 g/mol. The van der Waals surface area contributed by atoms with Crippen LogP contribution in [0.15, 0.2) is 18.2 Å². The third kappa shape index (κ3) is 3.71. The summed E-state index contributed by atoms with van der Waals surface area (Å²) in [4.78, 5) is 0. The highest BCUT2D eigenvalue weighted by molar-refractivity contribution is 14.1. The van der Waals surface area contributed by atoms with Crippen molar-refractivity contribution in [3.05, 3.63) is 32.4 Å². The van der Waals surface area contributed by atoms with Crippen molar-refractivity contribution in [3.63, 3.8) is 0 Å². The number of nitrogens with two attached hydrogens (primary N) is 1. The molecule has 1 spiro atoms. The minimum Gasteiger partial charge on any atom is -0.375 e. The molecule has 0 bridgehead atoms. The van der Waals surface area contributed by atoms with E-state index < -0.39 is 0 Å². The van der Waals surface area contributed by atoms with Crippen molar-refractivity contribution in [2.75, 3.05) is 18.1 Å². The van der Waals surface area contributed by atoms with E-state index in [2.05, 4.69) is 28.7 Å². The predicted molar refractivity (Wildman–Crippen MR) is 99.1 cm³/mol. The summed E-state index contributed by atoms with van der Waals surface area (Å²) in [7, 11) is 0. The van der Waals surface area contributed by atoms with Crippen LogP contribution < -0.4 is 5.73 Å². The van der Waals surface area contributed by atoms with Crippen LogP contribution >= 0.6 is 46.0 Å². The van der Waals surface area contributed by atoms with Gasteiger partial charge in [-0.1, -0.05) is 11.6 Å². The zero-order valence-corrected chi connectivity index (χ0v) is 15.7. The zero-order valence-electron chi connectivity index (χ0n) is 12.0. The molecule has 2 nitrogen and oxygen atoms in total. The number of benzene rings is 1. The van der Waals surface area contributed by atoms with Crippen molar-refractivity contribution in [3.8, 4) is 0 Å². The van der Waals surface area contributed by atoms with Gasteiger partial charge in [-0.3, -0.25) is 0 Å². The Labute approximate surface area is 149 Å². The quantitative estimate of drug-likeness (QED) is 0.685. The minimum atomic E-state index is 0.0611. The van der Waals surface area contributed by atoms with Gasteiger partial charge in [0.05, 0.1) is 5.60 Å². The van der Waals surface area contributed by atoms with Crippen molar-refractivity contribution in [2.24, 2.45) is 11.7 Å². The molecule has 116 valence electrons. The third-order valence-corrected chi connectivity index (χ3v) is 6.96. The van der Waals surface area contributed by atoms with E-state index in [4.69, 9.17) is 22.1 Å². The van der Waals surface area contributed by atoms with Crippen molar-refractivity contribution >= 4 is 46.0 Å². The van der Waals surface area contributed by atoms with Crippen LogP contribution in [0.25, 0.3) is 0 Å². The molecule has 2 aliphatic heterocycles. The molecule has 2 aliphatic rings. The largest absolute Gasteiger partial charge is 0.375 e. The highest BCUT2D eigenvalue weighted by atomic mass is 127. The van der Waals surface area contributed by atoms with Crippen LogP contribution in [0, 0.1) is 9.49 Å². The summed E-state index contributed by atoms with van der Waals surface area (Å²) in [6.07, 6.45) is 4.50. The molecule has 1 aromatic rings. The first-order chi connectivity index (χ1) is 10.1. The van der Waals surface area contributed by atoms with E-state index in [-0.39, 0.29) is 11.6 Å². The first-order valence-electron chi connectivity index (χ1n) is 7.52. The normalized spacial score (nSPS) is 26.7. The molecule has 2 unspecified atom stereocenters. The fourth-order valence-electron chi connectivity index (χ4n) is 3.49. The highest BCUT2D eigenvalue weighted by Gasteiger charge is 2.40. The summed E-state index contributed by atoms with van der Waals surface area (Å²) in [5.74, 6) is 2.93. The third-order valence-electron chi connectivity index (χ3n) is 4.76. The molecule has 0 aliphatic carbocycles. The molecule has 2 heterocycles. The molecular formula is C16H21ClINOS. The van der Waals surface area contributed by atoms with E-state index in [0.717, 1.165) is 24.5 Å². The van der Waals surface area contributed by atoms with Gasteiger partial charge in [0.25, 0.3) is 0 Å². The molecule has 2 fully saturated rings. The number of hydrogen-bond acceptors (Lipinski definition) is 3. The summed E-state index contributed by atoms with van der Waals surface area (Å²) in [5, 5.41) is 0.775. The van der Waals surface area contributed by atoms with Crippen molar-refractivity contribution in [1.82, 2.24) is 0 Å². The summed E-state index contributed by atoms with van der Waals surface area (Å²) in [6.45, 7) is 0.847. The van der Waals surface area contributed by atoms with E-state index in [1.54, 1.807) is 0 Å². The second-order valence-electron chi connectivity index (χ2n) is 6.09. The molecule has 2 atom stereocenters. The maximum absolute atomic E-state index is 6.61. The Morgan fingerprint density at radius 3 is 2.90 bits per heavy atom. The number of halogens is 2. The van der Waals surface area contributed by atoms with Crippen LogP contribution in [-0.4, -0.2) is 23.7 Å². The Kier molecular flexibility index (Phi) is 5.42. The number of thioether (sulfide) groups is 1. The predicted octanol–water partition coefficient (Wildman–Crippen LogP) is 4.64. The van der Waals surface area contributed by atoms with Gasteiger partial charge in [-0.05, 0) is 89.5 Å². The molecule has 21 heavy (non-hydrogen) atoms. The Hall–Kier alpha value is 0.510. The first-order valence-corrected chi connectivity index (χ1v) is 10.1. The summed E-state index contributed by atoms with van der Waals surface area (Å²) in [5.41, 5.74) is 7.89. The van der Waals surface area contributed by atoms with E-state index in [1.165, 1.54) is 33.5 Å². The Morgan fingerprint density at radius 1 is 1.38 bits per heavy atom. The van der Waals surface area contributed by atoms with Crippen molar-refractivity contribution in [2.45, 2.75) is 37.3 Å². The zero-order chi connectivity index (χ0) is 14.9.